The van der Waals surface area contributed by atoms with E-state index in [1.165, 1.54) is 11.8 Å². The molecule has 7 heteroatoms. The summed E-state index contributed by atoms with van der Waals surface area (Å²) in [7, 11) is 2.06. The van der Waals surface area contributed by atoms with Gasteiger partial charge in [-0.25, -0.2) is 0 Å². The van der Waals surface area contributed by atoms with Crippen molar-refractivity contribution in [2.45, 2.75) is 9.79 Å². The second-order valence-electron chi connectivity index (χ2n) is 6.40. The zero-order valence-corrected chi connectivity index (χ0v) is 17.9. The fourth-order valence-corrected chi connectivity index (χ4v) is 4.41. The summed E-state index contributed by atoms with van der Waals surface area (Å²) in [6.45, 7) is 7.16. The van der Waals surface area contributed by atoms with Crippen LogP contribution in [-0.4, -0.2) is 48.9 Å². The van der Waals surface area contributed by atoms with Gasteiger partial charge in [0, 0.05) is 46.6 Å². The van der Waals surface area contributed by atoms with Crippen molar-refractivity contribution in [1.29, 1.82) is 0 Å². The number of rotatable bonds is 4. The molecule has 1 aliphatic rings. The Morgan fingerprint density at radius 3 is 2.15 bits per heavy atom. The lowest BCUT2D eigenvalue weighted by Crippen LogP contribution is -2.47. The lowest BCUT2D eigenvalue weighted by molar-refractivity contribution is -0.126. The van der Waals surface area contributed by atoms with Crippen LogP contribution in [0.15, 0.2) is 52.8 Å². The van der Waals surface area contributed by atoms with E-state index in [0.29, 0.717) is 33.7 Å². The van der Waals surface area contributed by atoms with Crippen LogP contribution in [0.4, 0.5) is 0 Å². The van der Waals surface area contributed by atoms with Crippen molar-refractivity contribution >= 4 is 58.0 Å². The van der Waals surface area contributed by atoms with Gasteiger partial charge in [-0.1, -0.05) is 59.2 Å². The Hall–Kier alpha value is -1.17. The Labute approximate surface area is 178 Å². The van der Waals surface area contributed by atoms with Crippen LogP contribution in [0, 0.1) is 0 Å². The fraction of sp³-hybridized carbons (Fsp3) is 0.250. The second kappa shape index (κ2) is 8.89. The summed E-state index contributed by atoms with van der Waals surface area (Å²) < 4.78 is 0. The minimum atomic E-state index is -0.0414. The summed E-state index contributed by atoms with van der Waals surface area (Å²) in [5.41, 5.74) is 1.19. The standard InChI is InChI=1S/C20H19Cl3N2OS/c1-13(20(26)25-9-7-24(2)8-10-25)14-3-5-18(16(22)11-14)27-19-6-4-15(21)12-17(19)23/h3-6,11-12H,1,7-10H2,2H3. The summed E-state index contributed by atoms with van der Waals surface area (Å²) in [6.07, 6.45) is 0. The first kappa shape index (κ1) is 20.6. The van der Waals surface area contributed by atoms with Crippen molar-refractivity contribution in [1.82, 2.24) is 9.80 Å². The number of likely N-dealkylation sites (N-methyl/N-ethyl adjacent to an activating group) is 1. The molecule has 27 heavy (non-hydrogen) atoms. The number of carbonyl (C=O) groups is 1. The van der Waals surface area contributed by atoms with Gasteiger partial charge in [-0.3, -0.25) is 4.79 Å². The number of hydrogen-bond donors (Lipinski definition) is 0. The molecule has 0 N–H and O–H groups in total. The molecule has 0 unspecified atom stereocenters. The summed E-state index contributed by atoms with van der Waals surface area (Å²) >= 11 is 20.1. The average Bonchev–Trinajstić information content (AvgIpc) is 2.64. The summed E-state index contributed by atoms with van der Waals surface area (Å²) in [4.78, 5) is 18.5. The molecule has 0 radical (unpaired) electrons. The Kier molecular flexibility index (Phi) is 6.77. The molecule has 0 bridgehead atoms. The number of nitrogens with zero attached hydrogens (tertiary/aromatic N) is 2. The maximum Gasteiger partial charge on any atom is 0.253 e. The van der Waals surface area contributed by atoms with E-state index in [2.05, 4.69) is 18.5 Å². The van der Waals surface area contributed by atoms with E-state index in [9.17, 15) is 4.79 Å². The predicted molar refractivity (Wildman–Crippen MR) is 115 cm³/mol. The van der Waals surface area contributed by atoms with E-state index in [1.54, 1.807) is 18.2 Å². The maximum absolute atomic E-state index is 12.7. The highest BCUT2D eigenvalue weighted by Gasteiger charge is 2.22. The fourth-order valence-electron chi connectivity index (χ4n) is 2.77. The van der Waals surface area contributed by atoms with Gasteiger partial charge in [0.2, 0.25) is 0 Å². The normalized spacial score (nSPS) is 15.0. The van der Waals surface area contributed by atoms with Crippen LogP contribution in [0.25, 0.3) is 5.57 Å². The zero-order chi connectivity index (χ0) is 19.6. The minimum Gasteiger partial charge on any atom is -0.336 e. The Morgan fingerprint density at radius 1 is 0.963 bits per heavy atom. The van der Waals surface area contributed by atoms with Crippen molar-refractivity contribution < 1.29 is 4.79 Å². The highest BCUT2D eigenvalue weighted by molar-refractivity contribution is 7.99. The largest absolute Gasteiger partial charge is 0.336 e. The third-order valence-corrected chi connectivity index (χ3v) is 6.68. The van der Waals surface area contributed by atoms with Crippen LogP contribution in [0.2, 0.25) is 15.1 Å². The molecule has 142 valence electrons. The Balaban J connectivity index is 1.74. The first-order valence-corrected chi connectivity index (χ1v) is 10.4. The summed E-state index contributed by atoms with van der Waals surface area (Å²) in [6, 6.07) is 10.9. The van der Waals surface area contributed by atoms with Crippen LogP contribution in [0.5, 0.6) is 0 Å². The summed E-state index contributed by atoms with van der Waals surface area (Å²) in [5.74, 6) is -0.0414. The molecule has 0 spiro atoms. The van der Waals surface area contributed by atoms with Crippen molar-refractivity contribution in [2.75, 3.05) is 33.2 Å². The average molecular weight is 442 g/mol. The lowest BCUT2D eigenvalue weighted by Gasteiger charge is -2.32. The van der Waals surface area contributed by atoms with Crippen molar-refractivity contribution in [3.8, 4) is 0 Å². The maximum atomic E-state index is 12.7. The highest BCUT2D eigenvalue weighted by Crippen LogP contribution is 2.39. The first-order chi connectivity index (χ1) is 12.8. The molecular weight excluding hydrogens is 423 g/mol. The number of hydrogen-bond acceptors (Lipinski definition) is 3. The lowest BCUT2D eigenvalue weighted by atomic mass is 10.1. The first-order valence-electron chi connectivity index (χ1n) is 8.44. The van der Waals surface area contributed by atoms with Gasteiger partial charge in [-0.05, 0) is 42.9 Å². The molecule has 3 rings (SSSR count). The van der Waals surface area contributed by atoms with E-state index in [0.717, 1.165) is 28.4 Å². The van der Waals surface area contributed by atoms with Gasteiger partial charge < -0.3 is 9.80 Å². The van der Waals surface area contributed by atoms with Crippen LogP contribution in [0.1, 0.15) is 5.56 Å². The molecule has 1 amide bonds. The molecule has 1 fully saturated rings. The zero-order valence-electron chi connectivity index (χ0n) is 14.8. The molecule has 1 saturated heterocycles. The molecule has 0 aromatic heterocycles. The quantitative estimate of drug-likeness (QED) is 0.578. The molecule has 0 atom stereocenters. The van der Waals surface area contributed by atoms with E-state index in [1.807, 2.05) is 23.1 Å². The van der Waals surface area contributed by atoms with Gasteiger partial charge >= 0.3 is 0 Å². The molecule has 0 saturated carbocycles. The predicted octanol–water partition coefficient (Wildman–Crippen LogP) is 5.59. The molecular formula is C20H19Cl3N2OS. The van der Waals surface area contributed by atoms with Gasteiger partial charge in [0.25, 0.3) is 5.91 Å². The van der Waals surface area contributed by atoms with E-state index < -0.39 is 0 Å². The molecule has 0 aliphatic carbocycles. The van der Waals surface area contributed by atoms with Gasteiger partial charge in [0.15, 0.2) is 0 Å². The minimum absolute atomic E-state index is 0.0414. The smallest absolute Gasteiger partial charge is 0.253 e. The molecule has 3 nitrogen and oxygen atoms in total. The van der Waals surface area contributed by atoms with Crippen LogP contribution in [-0.2, 0) is 4.79 Å². The molecule has 1 aliphatic heterocycles. The molecule has 2 aromatic rings. The van der Waals surface area contributed by atoms with E-state index in [4.69, 9.17) is 34.8 Å². The van der Waals surface area contributed by atoms with Crippen LogP contribution >= 0.6 is 46.6 Å². The number of piperazine rings is 1. The van der Waals surface area contributed by atoms with Crippen molar-refractivity contribution in [3.63, 3.8) is 0 Å². The van der Waals surface area contributed by atoms with Crippen LogP contribution < -0.4 is 0 Å². The van der Waals surface area contributed by atoms with Gasteiger partial charge in [-0.15, -0.1) is 0 Å². The highest BCUT2D eigenvalue weighted by atomic mass is 35.5. The summed E-state index contributed by atoms with van der Waals surface area (Å²) in [5, 5.41) is 1.71. The Morgan fingerprint density at radius 2 is 1.56 bits per heavy atom. The van der Waals surface area contributed by atoms with Gasteiger partial charge in [0.05, 0.1) is 10.0 Å². The third kappa shape index (κ3) is 5.01. The Bertz CT molecular complexity index is 880. The monoisotopic (exact) mass is 440 g/mol. The number of halogens is 3. The number of amides is 1. The van der Waals surface area contributed by atoms with Gasteiger partial charge in [0.1, 0.15) is 0 Å². The third-order valence-electron chi connectivity index (χ3n) is 4.44. The topological polar surface area (TPSA) is 23.6 Å². The molecule has 1 heterocycles. The van der Waals surface area contributed by atoms with E-state index >= 15 is 0 Å². The SMILES string of the molecule is C=C(C(=O)N1CCN(C)CC1)c1ccc(Sc2ccc(Cl)cc2Cl)c(Cl)c1. The van der Waals surface area contributed by atoms with Crippen LogP contribution in [0.3, 0.4) is 0 Å². The number of carbonyl (C=O) groups excluding carboxylic acids is 1. The van der Waals surface area contributed by atoms with Crippen molar-refractivity contribution in [3.05, 3.63) is 63.6 Å². The van der Waals surface area contributed by atoms with Crippen molar-refractivity contribution in [2.24, 2.45) is 0 Å². The van der Waals surface area contributed by atoms with Gasteiger partial charge in [-0.2, -0.15) is 0 Å². The number of benzene rings is 2. The molecule has 2 aromatic carbocycles. The van der Waals surface area contributed by atoms with E-state index in [-0.39, 0.29) is 5.91 Å². The second-order valence-corrected chi connectivity index (χ2v) is 8.73.